The average molecular weight is 123 g/mol. The lowest BCUT2D eigenvalue weighted by atomic mass is 10.1. The summed E-state index contributed by atoms with van der Waals surface area (Å²) in [7, 11) is 0. The van der Waals surface area contributed by atoms with Gasteiger partial charge < -0.3 is 4.74 Å². The highest BCUT2D eigenvalue weighted by Gasteiger charge is 2.10. The molecule has 0 bridgehead atoms. The van der Waals surface area contributed by atoms with Gasteiger partial charge in [0.2, 0.25) is 0 Å². The summed E-state index contributed by atoms with van der Waals surface area (Å²) >= 11 is 0. The smallest absolute Gasteiger partial charge is 0.416 e. The minimum Gasteiger partial charge on any atom is -0.420 e. The SMILES string of the molecule is N#CC(=O)OC1=CCC1. The molecule has 9 heavy (non-hydrogen) atoms. The highest BCUT2D eigenvalue weighted by molar-refractivity contribution is 5.86. The molecule has 0 unspecified atom stereocenters. The van der Waals surface area contributed by atoms with Crippen LogP contribution in [0.2, 0.25) is 0 Å². The minimum absolute atomic E-state index is 0.626. The molecule has 3 nitrogen and oxygen atoms in total. The molecule has 0 aliphatic heterocycles. The van der Waals surface area contributed by atoms with Gasteiger partial charge in [0.1, 0.15) is 5.76 Å². The predicted octanol–water partition coefficient (Wildman–Crippen LogP) is 0.731. The topological polar surface area (TPSA) is 50.1 Å². The van der Waals surface area contributed by atoms with Crippen LogP contribution in [0, 0.1) is 11.3 Å². The lowest BCUT2D eigenvalue weighted by Gasteiger charge is -2.10. The van der Waals surface area contributed by atoms with E-state index in [4.69, 9.17) is 5.26 Å². The van der Waals surface area contributed by atoms with Crippen molar-refractivity contribution in [3.63, 3.8) is 0 Å². The fourth-order valence-corrected chi connectivity index (χ4v) is 0.497. The van der Waals surface area contributed by atoms with Crippen LogP contribution in [0.15, 0.2) is 11.8 Å². The molecule has 0 spiro atoms. The molecular formula is C6H5NO2. The summed E-state index contributed by atoms with van der Waals surface area (Å²) in [5.74, 6) is -0.192. The molecule has 3 heteroatoms. The third-order valence-electron chi connectivity index (χ3n) is 1.08. The first-order chi connectivity index (χ1) is 4.33. The Morgan fingerprint density at radius 2 is 2.56 bits per heavy atom. The number of carbonyl (C=O) groups excluding carboxylic acids is 1. The van der Waals surface area contributed by atoms with Crippen molar-refractivity contribution in [1.82, 2.24) is 0 Å². The van der Waals surface area contributed by atoms with Crippen LogP contribution in [0.25, 0.3) is 0 Å². The monoisotopic (exact) mass is 123 g/mol. The van der Waals surface area contributed by atoms with E-state index in [9.17, 15) is 4.79 Å². The fourth-order valence-electron chi connectivity index (χ4n) is 0.497. The summed E-state index contributed by atoms with van der Waals surface area (Å²) in [6.45, 7) is 0. The van der Waals surface area contributed by atoms with Gasteiger partial charge in [0.15, 0.2) is 6.07 Å². The predicted molar refractivity (Wildman–Crippen MR) is 29.0 cm³/mol. The van der Waals surface area contributed by atoms with Crippen molar-refractivity contribution < 1.29 is 9.53 Å². The van der Waals surface area contributed by atoms with Crippen LogP contribution >= 0.6 is 0 Å². The van der Waals surface area contributed by atoms with Gasteiger partial charge in [0.05, 0.1) is 0 Å². The summed E-state index contributed by atoms with van der Waals surface area (Å²) in [5, 5.41) is 7.95. The molecule has 0 fully saturated rings. The largest absolute Gasteiger partial charge is 0.420 e. The van der Waals surface area contributed by atoms with Crippen molar-refractivity contribution in [2.24, 2.45) is 0 Å². The highest BCUT2D eigenvalue weighted by atomic mass is 16.5. The molecule has 0 saturated heterocycles. The molecule has 0 atom stereocenters. The molecule has 0 aromatic rings. The van der Waals surface area contributed by atoms with E-state index < -0.39 is 5.97 Å². The average Bonchev–Trinajstić information content (AvgIpc) is 1.78. The second kappa shape index (κ2) is 2.31. The lowest BCUT2D eigenvalue weighted by Crippen LogP contribution is -2.05. The standard InChI is InChI=1S/C6H5NO2/c7-4-6(8)9-5-2-1-3-5/h2H,1,3H2. The Kier molecular flexibility index (Phi) is 1.50. The second-order valence-electron chi connectivity index (χ2n) is 1.71. The molecule has 1 aliphatic carbocycles. The summed E-state index contributed by atoms with van der Waals surface area (Å²) in [5.41, 5.74) is 0. The van der Waals surface area contributed by atoms with Gasteiger partial charge >= 0.3 is 5.97 Å². The van der Waals surface area contributed by atoms with E-state index >= 15 is 0 Å². The second-order valence-corrected chi connectivity index (χ2v) is 1.71. The van der Waals surface area contributed by atoms with Crippen LogP contribution in [0.1, 0.15) is 12.8 Å². The molecule has 0 amide bonds. The molecular weight excluding hydrogens is 118 g/mol. The zero-order chi connectivity index (χ0) is 6.69. The van der Waals surface area contributed by atoms with E-state index in [1.165, 1.54) is 6.07 Å². The molecule has 0 N–H and O–H groups in total. The minimum atomic E-state index is -0.819. The van der Waals surface area contributed by atoms with E-state index in [-0.39, 0.29) is 0 Å². The van der Waals surface area contributed by atoms with Crippen molar-refractivity contribution in [2.75, 3.05) is 0 Å². The Hall–Kier alpha value is -1.30. The molecule has 1 aliphatic rings. The quantitative estimate of drug-likeness (QED) is 0.381. The number of hydrogen-bond acceptors (Lipinski definition) is 3. The number of hydrogen-bond donors (Lipinski definition) is 0. The first-order valence-electron chi connectivity index (χ1n) is 2.64. The number of esters is 1. The third kappa shape index (κ3) is 1.29. The summed E-state index contributed by atoms with van der Waals surface area (Å²) in [6.07, 6.45) is 3.52. The molecule has 0 saturated carbocycles. The first-order valence-corrected chi connectivity index (χ1v) is 2.64. The van der Waals surface area contributed by atoms with Gasteiger partial charge in [-0.15, -0.1) is 0 Å². The number of carbonyl (C=O) groups is 1. The normalized spacial score (nSPS) is 14.8. The molecule has 0 aromatic heterocycles. The van der Waals surface area contributed by atoms with E-state index in [0.29, 0.717) is 5.76 Å². The first kappa shape index (κ1) is 5.83. The number of ether oxygens (including phenoxy) is 1. The molecule has 0 aromatic carbocycles. The van der Waals surface area contributed by atoms with Gasteiger partial charge in [-0.05, 0) is 12.5 Å². The summed E-state index contributed by atoms with van der Waals surface area (Å²) in [6, 6.07) is 1.36. The van der Waals surface area contributed by atoms with Crippen LogP contribution in [0.3, 0.4) is 0 Å². The highest BCUT2D eigenvalue weighted by Crippen LogP contribution is 2.18. The van der Waals surface area contributed by atoms with Gasteiger partial charge in [-0.25, -0.2) is 4.79 Å². The van der Waals surface area contributed by atoms with Gasteiger partial charge in [-0.3, -0.25) is 0 Å². The Labute approximate surface area is 52.5 Å². The van der Waals surface area contributed by atoms with Gasteiger partial charge in [-0.2, -0.15) is 5.26 Å². The number of nitrogens with zero attached hydrogens (tertiary/aromatic N) is 1. The van der Waals surface area contributed by atoms with Crippen molar-refractivity contribution in [1.29, 1.82) is 5.26 Å². The van der Waals surface area contributed by atoms with Crippen LogP contribution in [-0.4, -0.2) is 5.97 Å². The van der Waals surface area contributed by atoms with Crippen LogP contribution in [0.4, 0.5) is 0 Å². The third-order valence-corrected chi connectivity index (χ3v) is 1.08. The van der Waals surface area contributed by atoms with Crippen molar-refractivity contribution in [3.8, 4) is 6.07 Å². The van der Waals surface area contributed by atoms with Crippen LogP contribution in [-0.2, 0) is 9.53 Å². The molecule has 1 rings (SSSR count). The lowest BCUT2D eigenvalue weighted by molar-refractivity contribution is -0.133. The summed E-state index contributed by atoms with van der Waals surface area (Å²) in [4.78, 5) is 10.2. The van der Waals surface area contributed by atoms with Crippen molar-refractivity contribution in [2.45, 2.75) is 12.8 Å². The van der Waals surface area contributed by atoms with Crippen molar-refractivity contribution >= 4 is 5.97 Å². The van der Waals surface area contributed by atoms with Gasteiger partial charge in [0.25, 0.3) is 0 Å². The number of allylic oxidation sites excluding steroid dienone is 2. The van der Waals surface area contributed by atoms with E-state index in [0.717, 1.165) is 12.8 Å². The maximum atomic E-state index is 10.2. The van der Waals surface area contributed by atoms with E-state index in [1.54, 1.807) is 6.08 Å². The molecule has 0 radical (unpaired) electrons. The van der Waals surface area contributed by atoms with Crippen molar-refractivity contribution in [3.05, 3.63) is 11.8 Å². The maximum Gasteiger partial charge on any atom is 0.416 e. The van der Waals surface area contributed by atoms with E-state index in [2.05, 4.69) is 4.74 Å². The fraction of sp³-hybridized carbons (Fsp3) is 0.333. The van der Waals surface area contributed by atoms with Crippen LogP contribution < -0.4 is 0 Å². The Morgan fingerprint density at radius 1 is 1.89 bits per heavy atom. The zero-order valence-corrected chi connectivity index (χ0v) is 4.76. The van der Waals surface area contributed by atoms with Gasteiger partial charge in [-0.1, -0.05) is 0 Å². The number of rotatable bonds is 1. The maximum absolute atomic E-state index is 10.2. The molecule has 46 valence electrons. The van der Waals surface area contributed by atoms with Gasteiger partial charge in [0, 0.05) is 6.42 Å². The number of nitriles is 1. The Bertz CT molecular complexity index is 200. The van der Waals surface area contributed by atoms with E-state index in [1.807, 2.05) is 0 Å². The Balaban J connectivity index is 2.35. The summed E-state index contributed by atoms with van der Waals surface area (Å²) < 4.78 is 4.50. The molecule has 0 heterocycles. The Morgan fingerprint density at radius 3 is 2.89 bits per heavy atom. The zero-order valence-electron chi connectivity index (χ0n) is 4.76. The van der Waals surface area contributed by atoms with Crippen LogP contribution in [0.5, 0.6) is 0 Å².